The van der Waals surface area contributed by atoms with Crippen molar-refractivity contribution in [2.75, 3.05) is 45.9 Å². The number of amides is 2. The first-order valence-electron chi connectivity index (χ1n) is 13.7. The van der Waals surface area contributed by atoms with E-state index in [0.29, 0.717) is 32.7 Å². The lowest BCUT2D eigenvalue weighted by Crippen LogP contribution is -2.49. The largest absolute Gasteiger partial charge is 0.493 e. The van der Waals surface area contributed by atoms with Crippen LogP contribution in [0.3, 0.4) is 0 Å². The summed E-state index contributed by atoms with van der Waals surface area (Å²) in [7, 11) is 0. The molecule has 0 aliphatic carbocycles. The molecule has 1 unspecified atom stereocenters. The summed E-state index contributed by atoms with van der Waals surface area (Å²) >= 11 is 0. The van der Waals surface area contributed by atoms with Gasteiger partial charge in [-0.3, -0.25) is 19.3 Å². The van der Waals surface area contributed by atoms with Gasteiger partial charge in [0.05, 0.1) is 19.1 Å². The Morgan fingerprint density at radius 2 is 1.89 bits per heavy atom. The molecule has 3 aliphatic rings. The zero-order chi connectivity index (χ0) is 25.7. The number of rotatable bonds is 12. The molecular formula is C28H41N3O5. The number of carboxylic acids is 1. The summed E-state index contributed by atoms with van der Waals surface area (Å²) in [5.74, 6) is -0.790. The highest BCUT2D eigenvalue weighted by atomic mass is 16.5. The average molecular weight is 500 g/mol. The van der Waals surface area contributed by atoms with Crippen molar-refractivity contribution >= 4 is 17.8 Å². The Balaban J connectivity index is 1.60. The number of nitrogens with zero attached hydrogens (tertiary/aromatic N) is 3. The van der Waals surface area contributed by atoms with Crippen LogP contribution in [0.1, 0.15) is 69.4 Å². The second-order valence-electron chi connectivity index (χ2n) is 10.5. The summed E-state index contributed by atoms with van der Waals surface area (Å²) in [5.41, 5.74) is 2.09. The Morgan fingerprint density at radius 3 is 2.53 bits per heavy atom. The van der Waals surface area contributed by atoms with Gasteiger partial charge in [0, 0.05) is 57.5 Å². The van der Waals surface area contributed by atoms with Gasteiger partial charge in [-0.1, -0.05) is 38.8 Å². The van der Waals surface area contributed by atoms with E-state index in [1.54, 1.807) is 4.90 Å². The third-order valence-corrected chi connectivity index (χ3v) is 8.01. The van der Waals surface area contributed by atoms with E-state index in [4.69, 9.17) is 4.74 Å². The summed E-state index contributed by atoms with van der Waals surface area (Å²) in [5, 5.41) is 10.4. The van der Waals surface area contributed by atoms with Gasteiger partial charge in [-0.15, -0.1) is 0 Å². The van der Waals surface area contributed by atoms with Crippen LogP contribution in [0, 0.1) is 5.92 Å². The third-order valence-electron chi connectivity index (χ3n) is 8.01. The smallest absolute Gasteiger partial charge is 0.308 e. The second kappa shape index (κ2) is 12.1. The van der Waals surface area contributed by atoms with Gasteiger partial charge in [0.25, 0.3) is 0 Å². The monoisotopic (exact) mass is 499 g/mol. The normalized spacial score (nSPS) is 23.7. The number of hydrogen-bond acceptors (Lipinski definition) is 5. The maximum Gasteiger partial charge on any atom is 0.308 e. The van der Waals surface area contributed by atoms with Crippen LogP contribution in [0.5, 0.6) is 5.75 Å². The fourth-order valence-electron chi connectivity index (χ4n) is 5.95. The minimum atomic E-state index is -0.864. The third kappa shape index (κ3) is 5.85. The SMILES string of the molecule is CCCCN(CCCC)C(=O)CN1C[C@H](c2ccc3c(c2)CCO3)C(C(=O)O)[C@@H]1CN1CCCC1=O. The molecule has 3 atom stereocenters. The van der Waals surface area contributed by atoms with Gasteiger partial charge in [0.2, 0.25) is 11.8 Å². The van der Waals surface area contributed by atoms with E-state index in [9.17, 15) is 19.5 Å². The van der Waals surface area contributed by atoms with E-state index in [1.165, 1.54) is 0 Å². The summed E-state index contributed by atoms with van der Waals surface area (Å²) in [6, 6.07) is 5.60. The van der Waals surface area contributed by atoms with Crippen molar-refractivity contribution in [3.05, 3.63) is 29.3 Å². The van der Waals surface area contributed by atoms with Crippen LogP contribution in [-0.4, -0.2) is 89.5 Å². The molecule has 1 aromatic carbocycles. The molecule has 36 heavy (non-hydrogen) atoms. The minimum Gasteiger partial charge on any atom is -0.493 e. The Kier molecular flexibility index (Phi) is 8.88. The van der Waals surface area contributed by atoms with Gasteiger partial charge in [0.1, 0.15) is 5.75 Å². The predicted octanol–water partition coefficient (Wildman–Crippen LogP) is 3.14. The van der Waals surface area contributed by atoms with Crippen LogP contribution in [-0.2, 0) is 20.8 Å². The number of carboxylic acid groups (broad SMARTS) is 1. The molecule has 0 bridgehead atoms. The van der Waals surface area contributed by atoms with E-state index >= 15 is 0 Å². The topological polar surface area (TPSA) is 90.4 Å². The highest BCUT2D eigenvalue weighted by Gasteiger charge is 2.48. The Morgan fingerprint density at radius 1 is 1.14 bits per heavy atom. The van der Waals surface area contributed by atoms with Gasteiger partial charge >= 0.3 is 5.97 Å². The van der Waals surface area contributed by atoms with Gasteiger partial charge in [0.15, 0.2) is 0 Å². The lowest BCUT2D eigenvalue weighted by Gasteiger charge is -2.32. The standard InChI is InChI=1S/C28H41N3O5/c1-3-5-12-29(13-6-4-2)26(33)19-31-17-22(20-9-10-24-21(16-20)11-15-36-24)27(28(34)35)23(31)18-30-14-7-8-25(30)32/h9-10,16,22-23,27H,3-8,11-15,17-19H2,1-2H3,(H,34,35)/t22-,23+,27?/m1/s1. The quantitative estimate of drug-likeness (QED) is 0.475. The molecule has 0 aromatic heterocycles. The first-order chi connectivity index (χ1) is 17.4. The lowest BCUT2D eigenvalue weighted by molar-refractivity contribution is -0.144. The first-order valence-corrected chi connectivity index (χ1v) is 13.7. The molecule has 0 radical (unpaired) electrons. The lowest BCUT2D eigenvalue weighted by atomic mass is 9.84. The highest BCUT2D eigenvalue weighted by molar-refractivity contribution is 5.80. The molecule has 3 heterocycles. The fourth-order valence-corrected chi connectivity index (χ4v) is 5.95. The average Bonchev–Trinajstić information content (AvgIpc) is 3.58. The first kappa shape index (κ1) is 26.5. The Hall–Kier alpha value is -2.61. The number of aliphatic carboxylic acids is 1. The molecule has 2 amide bonds. The fraction of sp³-hybridized carbons (Fsp3) is 0.679. The Labute approximate surface area is 214 Å². The van der Waals surface area contributed by atoms with Crippen LogP contribution in [0.4, 0.5) is 0 Å². The number of ether oxygens (including phenoxy) is 1. The summed E-state index contributed by atoms with van der Waals surface area (Å²) in [6.45, 7) is 8.05. The maximum absolute atomic E-state index is 13.5. The van der Waals surface area contributed by atoms with Gasteiger partial charge in [-0.25, -0.2) is 0 Å². The van der Waals surface area contributed by atoms with Gasteiger partial charge in [-0.2, -0.15) is 0 Å². The minimum absolute atomic E-state index is 0.0572. The highest BCUT2D eigenvalue weighted by Crippen LogP contribution is 2.40. The molecule has 0 saturated carbocycles. The van der Waals surface area contributed by atoms with Crippen LogP contribution < -0.4 is 4.74 Å². The number of benzene rings is 1. The Bertz CT molecular complexity index is 943. The number of unbranched alkanes of at least 4 members (excludes halogenated alkanes) is 2. The second-order valence-corrected chi connectivity index (χ2v) is 10.5. The van der Waals surface area contributed by atoms with Crippen molar-refractivity contribution in [2.24, 2.45) is 5.92 Å². The van der Waals surface area contributed by atoms with Crippen LogP contribution in [0.25, 0.3) is 0 Å². The molecule has 4 rings (SSSR count). The van der Waals surface area contributed by atoms with Gasteiger partial charge in [-0.05, 0) is 36.5 Å². The molecule has 2 saturated heterocycles. The molecule has 0 spiro atoms. The van der Waals surface area contributed by atoms with Crippen molar-refractivity contribution in [1.82, 2.24) is 14.7 Å². The number of hydrogen-bond donors (Lipinski definition) is 1. The molecule has 8 heteroatoms. The summed E-state index contributed by atoms with van der Waals surface area (Å²) in [6.07, 6.45) is 6.09. The molecule has 1 aromatic rings. The van der Waals surface area contributed by atoms with Crippen molar-refractivity contribution < 1.29 is 24.2 Å². The summed E-state index contributed by atoms with van der Waals surface area (Å²) in [4.78, 5) is 44.4. The summed E-state index contributed by atoms with van der Waals surface area (Å²) < 4.78 is 5.66. The van der Waals surface area contributed by atoms with Crippen LogP contribution in [0.2, 0.25) is 0 Å². The zero-order valence-corrected chi connectivity index (χ0v) is 21.8. The van der Waals surface area contributed by atoms with Crippen molar-refractivity contribution in [3.8, 4) is 5.75 Å². The van der Waals surface area contributed by atoms with E-state index in [1.807, 2.05) is 21.9 Å². The van der Waals surface area contributed by atoms with Gasteiger partial charge < -0.3 is 19.6 Å². The van der Waals surface area contributed by atoms with E-state index < -0.39 is 17.9 Å². The number of carbonyl (C=O) groups excluding carboxylic acids is 2. The molecule has 2 fully saturated rings. The number of carbonyl (C=O) groups is 3. The van der Waals surface area contributed by atoms with Crippen LogP contribution in [0.15, 0.2) is 18.2 Å². The van der Waals surface area contributed by atoms with E-state index in [-0.39, 0.29) is 24.3 Å². The molecule has 3 aliphatic heterocycles. The molecule has 8 nitrogen and oxygen atoms in total. The molecule has 1 N–H and O–H groups in total. The molecule has 198 valence electrons. The maximum atomic E-state index is 13.5. The predicted molar refractivity (Wildman–Crippen MR) is 137 cm³/mol. The van der Waals surface area contributed by atoms with E-state index in [2.05, 4.69) is 19.9 Å². The van der Waals surface area contributed by atoms with Crippen molar-refractivity contribution in [2.45, 2.75) is 70.8 Å². The number of likely N-dealkylation sites (tertiary alicyclic amines) is 2. The zero-order valence-electron chi connectivity index (χ0n) is 21.8. The van der Waals surface area contributed by atoms with Crippen LogP contribution >= 0.6 is 0 Å². The van der Waals surface area contributed by atoms with Crippen molar-refractivity contribution in [1.29, 1.82) is 0 Å². The number of fused-ring (bicyclic) bond motifs is 1. The van der Waals surface area contributed by atoms with E-state index in [0.717, 1.165) is 68.5 Å². The van der Waals surface area contributed by atoms with Crippen molar-refractivity contribution in [3.63, 3.8) is 0 Å². The molecular weight excluding hydrogens is 458 g/mol.